The highest BCUT2D eigenvalue weighted by Crippen LogP contribution is 2.42. The fourth-order valence-electron chi connectivity index (χ4n) is 6.22. The van der Waals surface area contributed by atoms with E-state index in [-0.39, 0.29) is 0 Å². The SMILES string of the molecule is CCCN(CC)CCCC(CCCN(CC)CCC)(CCCN(CC)CCC)CC[Si](CC)(OC)OC. The summed E-state index contributed by atoms with van der Waals surface area (Å²) >= 11 is 0. The summed E-state index contributed by atoms with van der Waals surface area (Å²) in [5.74, 6) is 0. The molecule has 5 nitrogen and oxygen atoms in total. The van der Waals surface area contributed by atoms with Crippen LogP contribution < -0.4 is 0 Å². The standard InChI is InChI=1S/C31H69N3O2Si/c1-10-24-32(13-4)27-17-20-31(21-18-28-33(14-5)25-11-2,22-19-29-34(15-6)26-12-3)23-30-37(16-7,35-8)36-9/h10-30H2,1-9H3. The molecule has 0 aromatic rings. The Morgan fingerprint density at radius 3 is 1.11 bits per heavy atom. The van der Waals surface area contributed by atoms with Crippen molar-refractivity contribution >= 4 is 8.56 Å². The molecule has 0 atom stereocenters. The van der Waals surface area contributed by atoms with Gasteiger partial charge in [-0.2, -0.15) is 0 Å². The smallest absolute Gasteiger partial charge is 0.337 e. The molecule has 0 aromatic carbocycles. The van der Waals surface area contributed by atoms with E-state index in [0.29, 0.717) is 5.41 Å². The van der Waals surface area contributed by atoms with Crippen LogP contribution in [-0.2, 0) is 8.85 Å². The molecule has 0 heterocycles. The summed E-state index contributed by atoms with van der Waals surface area (Å²) in [6.07, 6.45) is 13.0. The summed E-state index contributed by atoms with van der Waals surface area (Å²) in [5, 5.41) is 0. The highest BCUT2D eigenvalue weighted by molar-refractivity contribution is 6.67. The van der Waals surface area contributed by atoms with E-state index in [0.717, 1.165) is 12.1 Å². The lowest BCUT2D eigenvalue weighted by atomic mass is 9.73. The predicted molar refractivity (Wildman–Crippen MR) is 167 cm³/mol. The molecule has 0 saturated heterocycles. The van der Waals surface area contributed by atoms with Crippen LogP contribution in [-0.4, -0.2) is 96.4 Å². The highest BCUT2D eigenvalue weighted by atomic mass is 28.4. The molecular weight excluding hydrogens is 474 g/mol. The topological polar surface area (TPSA) is 28.2 Å². The van der Waals surface area contributed by atoms with Crippen LogP contribution in [0.15, 0.2) is 0 Å². The van der Waals surface area contributed by atoms with Gasteiger partial charge in [-0.15, -0.1) is 0 Å². The summed E-state index contributed by atoms with van der Waals surface area (Å²) in [6.45, 7) is 27.1. The van der Waals surface area contributed by atoms with E-state index in [1.165, 1.54) is 123 Å². The lowest BCUT2D eigenvalue weighted by molar-refractivity contribution is 0.147. The van der Waals surface area contributed by atoms with Crippen LogP contribution in [0.2, 0.25) is 12.1 Å². The monoisotopic (exact) mass is 544 g/mol. The van der Waals surface area contributed by atoms with Gasteiger partial charge in [0.25, 0.3) is 0 Å². The molecule has 0 rings (SSSR count). The molecular formula is C31H69N3O2Si. The molecule has 224 valence electrons. The van der Waals surface area contributed by atoms with Gasteiger partial charge in [0.1, 0.15) is 0 Å². The van der Waals surface area contributed by atoms with Crippen molar-refractivity contribution in [2.45, 2.75) is 125 Å². The van der Waals surface area contributed by atoms with E-state index in [9.17, 15) is 0 Å². The van der Waals surface area contributed by atoms with Crippen LogP contribution in [0.1, 0.15) is 113 Å². The molecule has 0 bridgehead atoms. The van der Waals surface area contributed by atoms with Crippen molar-refractivity contribution in [2.75, 3.05) is 73.1 Å². The van der Waals surface area contributed by atoms with Crippen molar-refractivity contribution in [1.82, 2.24) is 14.7 Å². The molecule has 0 spiro atoms. The number of hydrogen-bond acceptors (Lipinski definition) is 5. The third-order valence-electron chi connectivity index (χ3n) is 8.82. The second-order valence-electron chi connectivity index (χ2n) is 11.3. The minimum absolute atomic E-state index is 0.396. The van der Waals surface area contributed by atoms with Gasteiger partial charge in [-0.05, 0) is 141 Å². The van der Waals surface area contributed by atoms with Crippen LogP contribution in [0.4, 0.5) is 0 Å². The molecule has 0 saturated carbocycles. The van der Waals surface area contributed by atoms with Crippen LogP contribution in [0.3, 0.4) is 0 Å². The molecule has 0 fully saturated rings. The van der Waals surface area contributed by atoms with Gasteiger partial charge in [0.15, 0.2) is 0 Å². The molecule has 0 aromatic heterocycles. The van der Waals surface area contributed by atoms with Crippen molar-refractivity contribution in [2.24, 2.45) is 5.41 Å². The molecule has 0 radical (unpaired) electrons. The summed E-state index contributed by atoms with van der Waals surface area (Å²) < 4.78 is 12.2. The molecule has 37 heavy (non-hydrogen) atoms. The Kier molecular flexibility index (Phi) is 22.8. The van der Waals surface area contributed by atoms with E-state index in [1.807, 2.05) is 14.2 Å². The highest BCUT2D eigenvalue weighted by Gasteiger charge is 2.38. The van der Waals surface area contributed by atoms with Gasteiger partial charge in [0, 0.05) is 14.2 Å². The Balaban J connectivity index is 5.73. The maximum atomic E-state index is 6.10. The van der Waals surface area contributed by atoms with Crippen LogP contribution in [0.25, 0.3) is 0 Å². The Morgan fingerprint density at radius 1 is 0.514 bits per heavy atom. The first-order chi connectivity index (χ1) is 17.9. The molecule has 0 aliphatic rings. The number of nitrogens with zero attached hydrogens (tertiary/aromatic N) is 3. The molecule has 6 heteroatoms. The van der Waals surface area contributed by atoms with E-state index in [1.54, 1.807) is 0 Å². The molecule has 0 aliphatic carbocycles. The first kappa shape index (κ1) is 37.0. The van der Waals surface area contributed by atoms with Gasteiger partial charge in [-0.25, -0.2) is 0 Å². The summed E-state index contributed by atoms with van der Waals surface area (Å²) in [4.78, 5) is 7.96. The van der Waals surface area contributed by atoms with Gasteiger partial charge >= 0.3 is 8.56 Å². The average Bonchev–Trinajstić information content (AvgIpc) is 2.92. The number of rotatable bonds is 27. The zero-order valence-corrected chi connectivity index (χ0v) is 28.0. The fraction of sp³-hybridized carbons (Fsp3) is 1.00. The van der Waals surface area contributed by atoms with E-state index < -0.39 is 8.56 Å². The first-order valence-corrected chi connectivity index (χ1v) is 18.4. The fourth-order valence-corrected chi connectivity index (χ4v) is 8.64. The molecule has 0 unspecified atom stereocenters. The number of hydrogen-bond donors (Lipinski definition) is 0. The largest absolute Gasteiger partial charge is 0.398 e. The minimum atomic E-state index is -2.10. The van der Waals surface area contributed by atoms with Gasteiger partial charge < -0.3 is 23.6 Å². The summed E-state index contributed by atoms with van der Waals surface area (Å²) in [6, 6.07) is 2.16. The molecule has 0 N–H and O–H groups in total. The van der Waals surface area contributed by atoms with Crippen molar-refractivity contribution in [3.8, 4) is 0 Å². The zero-order chi connectivity index (χ0) is 28.0. The maximum absolute atomic E-state index is 6.10. The predicted octanol–water partition coefficient (Wildman–Crippen LogP) is 7.65. The quantitative estimate of drug-likeness (QED) is 0.0992. The second-order valence-corrected chi connectivity index (χ2v) is 15.1. The van der Waals surface area contributed by atoms with Gasteiger partial charge in [0.05, 0.1) is 0 Å². The molecule has 0 aliphatic heterocycles. The van der Waals surface area contributed by atoms with Crippen molar-refractivity contribution in [3.05, 3.63) is 0 Å². The molecule has 0 amide bonds. The van der Waals surface area contributed by atoms with Crippen LogP contribution in [0, 0.1) is 5.41 Å². The average molecular weight is 544 g/mol. The Hall–Kier alpha value is 0.0169. The van der Waals surface area contributed by atoms with E-state index in [2.05, 4.69) is 63.2 Å². The lowest BCUT2D eigenvalue weighted by Gasteiger charge is -2.39. The second kappa shape index (κ2) is 22.8. The van der Waals surface area contributed by atoms with Crippen molar-refractivity contribution in [1.29, 1.82) is 0 Å². The third-order valence-corrected chi connectivity index (χ3v) is 12.4. The van der Waals surface area contributed by atoms with Gasteiger partial charge in [-0.1, -0.05) is 48.5 Å². The van der Waals surface area contributed by atoms with Gasteiger partial charge in [0.2, 0.25) is 0 Å². The van der Waals surface area contributed by atoms with E-state index >= 15 is 0 Å². The maximum Gasteiger partial charge on any atom is 0.337 e. The summed E-state index contributed by atoms with van der Waals surface area (Å²) in [7, 11) is 1.67. The van der Waals surface area contributed by atoms with E-state index in [4.69, 9.17) is 8.85 Å². The Labute approximate surface area is 235 Å². The van der Waals surface area contributed by atoms with Crippen LogP contribution >= 0.6 is 0 Å². The van der Waals surface area contributed by atoms with Crippen molar-refractivity contribution < 1.29 is 8.85 Å². The normalized spacial score (nSPS) is 13.0. The lowest BCUT2D eigenvalue weighted by Crippen LogP contribution is -2.41. The third kappa shape index (κ3) is 15.4. The van der Waals surface area contributed by atoms with Crippen LogP contribution in [0.5, 0.6) is 0 Å². The van der Waals surface area contributed by atoms with Gasteiger partial charge in [-0.3, -0.25) is 0 Å². The zero-order valence-electron chi connectivity index (χ0n) is 27.0. The Morgan fingerprint density at radius 2 is 0.865 bits per heavy atom. The minimum Gasteiger partial charge on any atom is -0.398 e. The van der Waals surface area contributed by atoms with Crippen molar-refractivity contribution in [3.63, 3.8) is 0 Å². The summed E-state index contributed by atoms with van der Waals surface area (Å²) in [5.41, 5.74) is 0.396. The first-order valence-electron chi connectivity index (χ1n) is 16.1. The Bertz CT molecular complexity index is 446.